The zero-order valence-corrected chi connectivity index (χ0v) is 15.6. The Morgan fingerprint density at radius 1 is 1.24 bits per heavy atom. The monoisotopic (exact) mass is 342 g/mol. The van der Waals surface area contributed by atoms with Crippen LogP contribution in [0.4, 0.5) is 4.79 Å². The lowest BCUT2D eigenvalue weighted by molar-refractivity contribution is 0.0190. The molecule has 0 spiro atoms. The van der Waals surface area contributed by atoms with E-state index in [2.05, 4.69) is 36.1 Å². The SMILES string of the molecule is CC(C)c1cccc(-c2nc3n(n2)CCN(C(=O)OC(C)(C)C)C3)c1. The highest BCUT2D eigenvalue weighted by Crippen LogP contribution is 2.23. The van der Waals surface area contributed by atoms with Gasteiger partial charge in [0.05, 0.1) is 13.1 Å². The van der Waals surface area contributed by atoms with Crippen molar-refractivity contribution in [3.8, 4) is 11.4 Å². The number of hydrogen-bond acceptors (Lipinski definition) is 4. The largest absolute Gasteiger partial charge is 0.444 e. The molecule has 1 aromatic heterocycles. The van der Waals surface area contributed by atoms with Gasteiger partial charge in [0.15, 0.2) is 5.82 Å². The summed E-state index contributed by atoms with van der Waals surface area (Å²) in [6, 6.07) is 8.32. The quantitative estimate of drug-likeness (QED) is 0.832. The van der Waals surface area contributed by atoms with Gasteiger partial charge in [-0.1, -0.05) is 32.0 Å². The normalized spacial score (nSPS) is 14.6. The first kappa shape index (κ1) is 17.5. The minimum atomic E-state index is -0.495. The highest BCUT2D eigenvalue weighted by atomic mass is 16.6. The standard InChI is InChI=1S/C19H26N4O2/c1-13(2)14-7-6-8-15(11-14)17-20-16-12-22(9-10-23(16)21-17)18(24)25-19(3,4)5/h6-8,11,13H,9-10,12H2,1-5H3. The van der Waals surface area contributed by atoms with Crippen molar-refractivity contribution in [1.82, 2.24) is 19.7 Å². The predicted molar refractivity (Wildman–Crippen MR) is 96.2 cm³/mol. The molecule has 0 radical (unpaired) electrons. The zero-order valence-electron chi connectivity index (χ0n) is 15.6. The van der Waals surface area contributed by atoms with E-state index in [1.54, 1.807) is 4.90 Å². The number of carbonyl (C=O) groups is 1. The first-order chi connectivity index (χ1) is 11.7. The average molecular weight is 342 g/mol. The Kier molecular flexibility index (Phi) is 4.54. The molecule has 25 heavy (non-hydrogen) atoms. The molecule has 0 aliphatic carbocycles. The number of amides is 1. The predicted octanol–water partition coefficient (Wildman–Crippen LogP) is 3.82. The summed E-state index contributed by atoms with van der Waals surface area (Å²) in [5.74, 6) is 1.96. The average Bonchev–Trinajstić information content (AvgIpc) is 2.96. The molecule has 134 valence electrons. The first-order valence-corrected chi connectivity index (χ1v) is 8.75. The van der Waals surface area contributed by atoms with Crippen LogP contribution in [0.2, 0.25) is 0 Å². The Bertz CT molecular complexity index is 774. The van der Waals surface area contributed by atoms with Gasteiger partial charge in [-0.2, -0.15) is 5.10 Å². The molecule has 0 saturated carbocycles. The lowest BCUT2D eigenvalue weighted by Crippen LogP contribution is -2.41. The molecule has 1 aliphatic rings. The summed E-state index contributed by atoms with van der Waals surface area (Å²) in [6.45, 7) is 11.6. The van der Waals surface area contributed by atoms with Crippen LogP contribution in [-0.2, 0) is 17.8 Å². The molecule has 3 rings (SSSR count). The van der Waals surface area contributed by atoms with Crippen molar-refractivity contribution < 1.29 is 9.53 Å². The van der Waals surface area contributed by atoms with Crippen LogP contribution in [0.5, 0.6) is 0 Å². The summed E-state index contributed by atoms with van der Waals surface area (Å²) in [4.78, 5) is 18.6. The van der Waals surface area contributed by atoms with Gasteiger partial charge in [-0.15, -0.1) is 0 Å². The molecule has 0 atom stereocenters. The fourth-order valence-electron chi connectivity index (χ4n) is 2.78. The van der Waals surface area contributed by atoms with Gasteiger partial charge in [-0.05, 0) is 38.3 Å². The molecule has 1 aromatic carbocycles. The number of benzene rings is 1. The molecule has 1 aliphatic heterocycles. The number of carbonyl (C=O) groups excluding carboxylic acids is 1. The fourth-order valence-corrected chi connectivity index (χ4v) is 2.78. The molecule has 6 nitrogen and oxygen atoms in total. The van der Waals surface area contributed by atoms with E-state index in [9.17, 15) is 4.79 Å². The van der Waals surface area contributed by atoms with Crippen LogP contribution < -0.4 is 0 Å². The van der Waals surface area contributed by atoms with Crippen LogP contribution in [0, 0.1) is 0 Å². The van der Waals surface area contributed by atoms with Gasteiger partial charge in [0, 0.05) is 12.1 Å². The smallest absolute Gasteiger partial charge is 0.410 e. The van der Waals surface area contributed by atoms with Gasteiger partial charge in [0.1, 0.15) is 11.4 Å². The molecule has 0 bridgehead atoms. The maximum absolute atomic E-state index is 12.3. The van der Waals surface area contributed by atoms with Crippen LogP contribution in [0.15, 0.2) is 24.3 Å². The van der Waals surface area contributed by atoms with Gasteiger partial charge in [-0.25, -0.2) is 14.5 Å². The minimum Gasteiger partial charge on any atom is -0.444 e. The van der Waals surface area contributed by atoms with Gasteiger partial charge in [0.2, 0.25) is 0 Å². The van der Waals surface area contributed by atoms with Gasteiger partial charge in [0.25, 0.3) is 0 Å². The van der Waals surface area contributed by atoms with E-state index in [-0.39, 0.29) is 6.09 Å². The second-order valence-corrected chi connectivity index (χ2v) is 7.76. The topological polar surface area (TPSA) is 60.2 Å². The third kappa shape index (κ3) is 4.00. The van der Waals surface area contributed by atoms with Crippen LogP contribution in [0.1, 0.15) is 51.9 Å². The van der Waals surface area contributed by atoms with E-state index in [4.69, 9.17) is 4.74 Å². The molecule has 0 N–H and O–H groups in total. The van der Waals surface area contributed by atoms with Crippen molar-refractivity contribution in [2.24, 2.45) is 0 Å². The van der Waals surface area contributed by atoms with Crippen LogP contribution in [0.3, 0.4) is 0 Å². The number of hydrogen-bond donors (Lipinski definition) is 0. The summed E-state index contributed by atoms with van der Waals surface area (Å²) in [5, 5.41) is 4.62. The second kappa shape index (κ2) is 6.50. The van der Waals surface area contributed by atoms with E-state index < -0.39 is 5.60 Å². The summed E-state index contributed by atoms with van der Waals surface area (Å²) in [6.07, 6.45) is -0.301. The minimum absolute atomic E-state index is 0.301. The van der Waals surface area contributed by atoms with Crippen molar-refractivity contribution in [3.63, 3.8) is 0 Å². The number of rotatable bonds is 2. The number of aromatic nitrogens is 3. The Balaban J connectivity index is 1.79. The van der Waals surface area contributed by atoms with Crippen molar-refractivity contribution in [2.75, 3.05) is 6.54 Å². The second-order valence-electron chi connectivity index (χ2n) is 7.76. The van der Waals surface area contributed by atoms with E-state index in [1.807, 2.05) is 37.6 Å². The fraction of sp³-hybridized carbons (Fsp3) is 0.526. The highest BCUT2D eigenvalue weighted by molar-refractivity contribution is 5.68. The molecule has 0 saturated heterocycles. The number of fused-ring (bicyclic) bond motifs is 1. The summed E-state index contributed by atoms with van der Waals surface area (Å²) < 4.78 is 7.34. The van der Waals surface area contributed by atoms with Crippen molar-refractivity contribution >= 4 is 6.09 Å². The van der Waals surface area contributed by atoms with Crippen molar-refractivity contribution in [2.45, 2.75) is 59.2 Å². The summed E-state index contributed by atoms with van der Waals surface area (Å²) >= 11 is 0. The zero-order chi connectivity index (χ0) is 18.2. The van der Waals surface area contributed by atoms with E-state index in [0.717, 1.165) is 11.4 Å². The van der Waals surface area contributed by atoms with E-state index in [0.29, 0.717) is 31.4 Å². The lowest BCUT2D eigenvalue weighted by Gasteiger charge is -2.29. The summed E-state index contributed by atoms with van der Waals surface area (Å²) in [5.41, 5.74) is 1.78. The Morgan fingerprint density at radius 3 is 2.68 bits per heavy atom. The molecule has 0 fully saturated rings. The Morgan fingerprint density at radius 2 is 2.00 bits per heavy atom. The third-order valence-corrected chi connectivity index (χ3v) is 4.13. The molecular formula is C19H26N4O2. The highest BCUT2D eigenvalue weighted by Gasteiger charge is 2.27. The first-order valence-electron chi connectivity index (χ1n) is 8.75. The molecule has 1 amide bonds. The van der Waals surface area contributed by atoms with Gasteiger partial charge in [-0.3, -0.25) is 4.90 Å². The third-order valence-electron chi connectivity index (χ3n) is 4.13. The molecule has 2 heterocycles. The maximum atomic E-state index is 12.3. The number of nitrogens with zero attached hydrogens (tertiary/aromatic N) is 4. The van der Waals surface area contributed by atoms with Gasteiger partial charge >= 0.3 is 6.09 Å². The maximum Gasteiger partial charge on any atom is 0.410 e. The molecule has 0 unspecified atom stereocenters. The van der Waals surface area contributed by atoms with E-state index >= 15 is 0 Å². The van der Waals surface area contributed by atoms with Crippen LogP contribution in [0.25, 0.3) is 11.4 Å². The van der Waals surface area contributed by atoms with Crippen molar-refractivity contribution in [1.29, 1.82) is 0 Å². The Labute approximate surface area is 148 Å². The summed E-state index contributed by atoms with van der Waals surface area (Å²) in [7, 11) is 0. The molecule has 2 aromatic rings. The molecular weight excluding hydrogens is 316 g/mol. The van der Waals surface area contributed by atoms with Gasteiger partial charge < -0.3 is 4.74 Å². The van der Waals surface area contributed by atoms with E-state index in [1.165, 1.54) is 5.56 Å². The van der Waals surface area contributed by atoms with Crippen molar-refractivity contribution in [3.05, 3.63) is 35.7 Å². The van der Waals surface area contributed by atoms with Crippen LogP contribution in [-0.4, -0.2) is 37.9 Å². The number of ether oxygens (including phenoxy) is 1. The molecule has 6 heteroatoms. The Hall–Kier alpha value is -2.37. The van der Waals surface area contributed by atoms with Crippen LogP contribution >= 0.6 is 0 Å². The lowest BCUT2D eigenvalue weighted by atomic mass is 10.0.